The summed E-state index contributed by atoms with van der Waals surface area (Å²) in [4.78, 5) is 5.50. The smallest absolute Gasteiger partial charge is 0.184 e. The predicted molar refractivity (Wildman–Crippen MR) is 79.8 cm³/mol. The van der Waals surface area contributed by atoms with E-state index in [9.17, 15) is 0 Å². The van der Waals surface area contributed by atoms with E-state index >= 15 is 0 Å². The molecule has 0 aliphatic rings. The molecule has 6 heteroatoms. The number of hydrogen-bond acceptors (Lipinski definition) is 4. The van der Waals surface area contributed by atoms with Crippen LogP contribution in [0.3, 0.4) is 0 Å². The Bertz CT molecular complexity index is 575. The number of nitrogens with two attached hydrogens (primary N) is 1. The van der Waals surface area contributed by atoms with Crippen molar-refractivity contribution in [2.24, 2.45) is 10.8 Å². The summed E-state index contributed by atoms with van der Waals surface area (Å²) in [7, 11) is 0. The van der Waals surface area contributed by atoms with Crippen molar-refractivity contribution in [2.45, 2.75) is 6.92 Å². The summed E-state index contributed by atoms with van der Waals surface area (Å²) in [5.74, 6) is 0. The Morgan fingerprint density at radius 1 is 1.44 bits per heavy atom. The van der Waals surface area contributed by atoms with Crippen LogP contribution in [0.15, 0.2) is 35.4 Å². The van der Waals surface area contributed by atoms with Crippen LogP contribution in [0, 0.1) is 6.92 Å². The van der Waals surface area contributed by atoms with E-state index in [4.69, 9.17) is 5.73 Å². The van der Waals surface area contributed by atoms with Crippen molar-refractivity contribution in [3.8, 4) is 10.6 Å². The van der Waals surface area contributed by atoms with Gasteiger partial charge in [0.1, 0.15) is 5.01 Å². The number of hydrazone groups is 1. The maximum atomic E-state index is 5.29. The monoisotopic (exact) mass is 276 g/mol. The molecule has 1 aromatic heterocycles. The van der Waals surface area contributed by atoms with E-state index < -0.39 is 0 Å². The largest absolute Gasteiger partial charge is 0.375 e. The molecule has 0 amide bonds. The van der Waals surface area contributed by atoms with Crippen LogP contribution >= 0.6 is 23.6 Å². The van der Waals surface area contributed by atoms with Gasteiger partial charge in [-0.25, -0.2) is 4.98 Å². The minimum Gasteiger partial charge on any atom is -0.375 e. The van der Waals surface area contributed by atoms with E-state index in [1.807, 2.05) is 37.3 Å². The summed E-state index contributed by atoms with van der Waals surface area (Å²) in [5, 5.41) is 5.06. The van der Waals surface area contributed by atoms with Crippen LogP contribution in [0.5, 0.6) is 0 Å². The molecule has 1 heterocycles. The Morgan fingerprint density at radius 2 is 2.17 bits per heavy atom. The van der Waals surface area contributed by atoms with E-state index in [0.717, 1.165) is 21.1 Å². The molecule has 4 nitrogen and oxygen atoms in total. The number of aromatic nitrogens is 1. The molecule has 0 unspecified atom stereocenters. The van der Waals surface area contributed by atoms with Crippen LogP contribution in [0.2, 0.25) is 0 Å². The van der Waals surface area contributed by atoms with Gasteiger partial charge in [0.25, 0.3) is 0 Å². The van der Waals surface area contributed by atoms with Crippen molar-refractivity contribution >= 4 is 34.9 Å². The van der Waals surface area contributed by atoms with Gasteiger partial charge < -0.3 is 5.73 Å². The number of benzene rings is 1. The molecule has 18 heavy (non-hydrogen) atoms. The normalized spacial score (nSPS) is 10.7. The van der Waals surface area contributed by atoms with Crippen LogP contribution in [-0.2, 0) is 0 Å². The van der Waals surface area contributed by atoms with Gasteiger partial charge in [-0.3, -0.25) is 5.43 Å². The van der Waals surface area contributed by atoms with Crippen molar-refractivity contribution < 1.29 is 0 Å². The molecular weight excluding hydrogens is 264 g/mol. The van der Waals surface area contributed by atoms with E-state index in [2.05, 4.69) is 27.7 Å². The van der Waals surface area contributed by atoms with Gasteiger partial charge in [0.2, 0.25) is 0 Å². The molecule has 0 spiro atoms. The third-order valence-electron chi connectivity index (χ3n) is 2.21. The lowest BCUT2D eigenvalue weighted by Gasteiger charge is -1.93. The Hall–Kier alpha value is -1.79. The maximum absolute atomic E-state index is 5.29. The minimum absolute atomic E-state index is 0.150. The zero-order valence-electron chi connectivity index (χ0n) is 9.75. The lowest BCUT2D eigenvalue weighted by Crippen LogP contribution is -2.23. The van der Waals surface area contributed by atoms with E-state index in [-0.39, 0.29) is 5.11 Å². The highest BCUT2D eigenvalue weighted by molar-refractivity contribution is 7.80. The summed E-state index contributed by atoms with van der Waals surface area (Å²) in [5.41, 5.74) is 9.85. The van der Waals surface area contributed by atoms with Crippen LogP contribution in [0.25, 0.3) is 10.6 Å². The summed E-state index contributed by atoms with van der Waals surface area (Å²) >= 11 is 6.25. The van der Waals surface area contributed by atoms with Crippen molar-refractivity contribution in [3.63, 3.8) is 0 Å². The van der Waals surface area contributed by atoms with Crippen molar-refractivity contribution in [2.75, 3.05) is 0 Å². The first-order chi connectivity index (χ1) is 8.66. The molecule has 92 valence electrons. The van der Waals surface area contributed by atoms with Gasteiger partial charge in [-0.15, -0.1) is 11.3 Å². The standard InChI is InChI=1S/C12H12N4S2/c1-8-10(7-14-16-12(13)17)18-11(15-8)9-5-3-2-4-6-9/h2-7H,1H3,(H3,13,16,17)/b14-7+. The van der Waals surface area contributed by atoms with Crippen molar-refractivity contribution in [1.29, 1.82) is 0 Å². The minimum atomic E-state index is 0.150. The van der Waals surface area contributed by atoms with Crippen LogP contribution in [0.1, 0.15) is 10.6 Å². The van der Waals surface area contributed by atoms with Gasteiger partial charge in [-0.1, -0.05) is 30.3 Å². The number of thiocarbonyl (C=S) groups is 1. The topological polar surface area (TPSA) is 63.3 Å². The number of thiazole rings is 1. The van der Waals surface area contributed by atoms with Crippen LogP contribution in [0.4, 0.5) is 0 Å². The molecule has 0 radical (unpaired) electrons. The molecule has 2 aromatic rings. The first kappa shape index (κ1) is 12.7. The fourth-order valence-corrected chi connectivity index (χ4v) is 2.38. The molecular formula is C12H12N4S2. The molecule has 0 atom stereocenters. The fourth-order valence-electron chi connectivity index (χ4n) is 1.39. The quantitative estimate of drug-likeness (QED) is 0.513. The van der Waals surface area contributed by atoms with Crippen LogP contribution < -0.4 is 11.2 Å². The molecule has 1 aromatic carbocycles. The Morgan fingerprint density at radius 3 is 2.83 bits per heavy atom. The number of rotatable bonds is 3. The number of nitrogens with one attached hydrogen (secondary N) is 1. The van der Waals surface area contributed by atoms with Crippen LogP contribution in [-0.4, -0.2) is 16.3 Å². The molecule has 3 N–H and O–H groups in total. The van der Waals surface area contributed by atoms with E-state index in [0.29, 0.717) is 0 Å². The van der Waals surface area contributed by atoms with Gasteiger partial charge in [-0.05, 0) is 19.1 Å². The summed E-state index contributed by atoms with van der Waals surface area (Å²) in [6, 6.07) is 10.0. The zero-order valence-corrected chi connectivity index (χ0v) is 11.4. The molecule has 0 fully saturated rings. The fraction of sp³-hybridized carbons (Fsp3) is 0.0833. The molecule has 2 rings (SSSR count). The highest BCUT2D eigenvalue weighted by Gasteiger charge is 2.07. The average Bonchev–Trinajstić information content (AvgIpc) is 2.72. The zero-order chi connectivity index (χ0) is 13.0. The number of nitrogens with zero attached hydrogens (tertiary/aromatic N) is 2. The second-order valence-electron chi connectivity index (χ2n) is 3.57. The first-order valence-corrected chi connectivity index (χ1v) is 6.50. The Balaban J connectivity index is 2.22. The third kappa shape index (κ3) is 3.12. The SMILES string of the molecule is Cc1nc(-c2ccccc2)sc1/C=N/NC(N)=S. The van der Waals surface area contributed by atoms with Gasteiger partial charge >= 0.3 is 0 Å². The number of hydrogen-bond donors (Lipinski definition) is 2. The Kier molecular flexibility index (Phi) is 4.01. The first-order valence-electron chi connectivity index (χ1n) is 5.28. The van der Waals surface area contributed by atoms with E-state index in [1.165, 1.54) is 0 Å². The third-order valence-corrected chi connectivity index (χ3v) is 3.44. The average molecular weight is 276 g/mol. The Labute approximate surface area is 115 Å². The molecule has 0 aliphatic carbocycles. The molecule has 0 aliphatic heterocycles. The van der Waals surface area contributed by atoms with Crippen molar-refractivity contribution in [3.05, 3.63) is 40.9 Å². The molecule has 0 saturated heterocycles. The van der Waals surface area contributed by atoms with E-state index in [1.54, 1.807) is 17.6 Å². The van der Waals surface area contributed by atoms with Gasteiger partial charge in [-0.2, -0.15) is 5.10 Å². The second kappa shape index (κ2) is 5.70. The van der Waals surface area contributed by atoms with Crippen molar-refractivity contribution in [1.82, 2.24) is 10.4 Å². The lowest BCUT2D eigenvalue weighted by molar-refractivity contribution is 1.04. The van der Waals surface area contributed by atoms with Gasteiger partial charge in [0.05, 0.1) is 16.8 Å². The second-order valence-corrected chi connectivity index (χ2v) is 5.04. The summed E-state index contributed by atoms with van der Waals surface area (Å²) < 4.78 is 0. The predicted octanol–water partition coefficient (Wildman–Crippen LogP) is 2.29. The molecule has 0 saturated carbocycles. The number of aryl methyl sites for hydroxylation is 1. The highest BCUT2D eigenvalue weighted by Crippen LogP contribution is 2.26. The highest BCUT2D eigenvalue weighted by atomic mass is 32.1. The van der Waals surface area contributed by atoms with Gasteiger partial charge in [0.15, 0.2) is 5.11 Å². The summed E-state index contributed by atoms with van der Waals surface area (Å²) in [6.07, 6.45) is 1.68. The lowest BCUT2D eigenvalue weighted by atomic mass is 10.2. The summed E-state index contributed by atoms with van der Waals surface area (Å²) in [6.45, 7) is 1.95. The maximum Gasteiger partial charge on any atom is 0.184 e. The molecule has 0 bridgehead atoms. The van der Waals surface area contributed by atoms with Gasteiger partial charge in [0, 0.05) is 5.56 Å².